The number of anilines is 1. The molecule has 18 heavy (non-hydrogen) atoms. The van der Waals surface area contributed by atoms with Crippen molar-refractivity contribution in [2.24, 2.45) is 5.10 Å². The molecular formula is C12H10N4O2. The number of aromatic nitrogens is 1. The number of hydrogen-bond donors (Lipinski definition) is 1. The normalized spacial score (nSPS) is 10.4. The Bertz CT molecular complexity index is 569. The Morgan fingerprint density at radius 1 is 1.28 bits per heavy atom. The molecule has 0 atom stereocenters. The zero-order chi connectivity index (χ0) is 12.8. The number of hydrazone groups is 1. The molecule has 2 rings (SSSR count). The first-order valence-electron chi connectivity index (χ1n) is 5.20. The summed E-state index contributed by atoms with van der Waals surface area (Å²) >= 11 is 0. The predicted octanol–water partition coefficient (Wildman–Crippen LogP) is 2.44. The lowest BCUT2D eigenvalue weighted by Crippen LogP contribution is -1.96. The maximum atomic E-state index is 10.8. The van der Waals surface area contributed by atoms with E-state index in [2.05, 4.69) is 15.5 Å². The van der Waals surface area contributed by atoms with Crippen LogP contribution in [0.4, 0.5) is 11.4 Å². The van der Waals surface area contributed by atoms with Crippen molar-refractivity contribution < 1.29 is 4.92 Å². The van der Waals surface area contributed by atoms with Crippen molar-refractivity contribution in [3.05, 3.63) is 64.5 Å². The summed E-state index contributed by atoms with van der Waals surface area (Å²) in [4.78, 5) is 14.2. The molecule has 0 aliphatic rings. The van der Waals surface area contributed by atoms with E-state index in [-0.39, 0.29) is 5.69 Å². The highest BCUT2D eigenvalue weighted by molar-refractivity contribution is 5.79. The lowest BCUT2D eigenvalue weighted by molar-refractivity contribution is -0.384. The molecule has 0 unspecified atom stereocenters. The fraction of sp³-hybridized carbons (Fsp3) is 0. The van der Waals surface area contributed by atoms with Crippen LogP contribution in [0.2, 0.25) is 0 Å². The summed E-state index contributed by atoms with van der Waals surface area (Å²) in [6, 6.07) is 9.94. The summed E-state index contributed by atoms with van der Waals surface area (Å²) in [6.07, 6.45) is 4.85. The summed E-state index contributed by atoms with van der Waals surface area (Å²) in [6.45, 7) is 0. The van der Waals surface area contributed by atoms with Gasteiger partial charge in [-0.05, 0) is 12.1 Å². The van der Waals surface area contributed by atoms with Gasteiger partial charge in [-0.1, -0.05) is 18.2 Å². The molecule has 0 bridgehead atoms. The number of benzene rings is 1. The van der Waals surface area contributed by atoms with Gasteiger partial charge >= 0.3 is 0 Å². The van der Waals surface area contributed by atoms with Crippen LogP contribution in [0, 0.1) is 10.1 Å². The van der Waals surface area contributed by atoms with Crippen molar-refractivity contribution in [2.75, 3.05) is 5.43 Å². The topological polar surface area (TPSA) is 80.4 Å². The smallest absolute Gasteiger partial charge is 0.272 e. The van der Waals surface area contributed by atoms with Crippen LogP contribution < -0.4 is 5.43 Å². The second-order valence-electron chi connectivity index (χ2n) is 3.43. The first-order valence-corrected chi connectivity index (χ1v) is 5.20. The largest absolute Gasteiger partial charge is 0.294 e. The third-order valence-electron chi connectivity index (χ3n) is 2.18. The SMILES string of the molecule is O=[N+]([O-])c1ccccc1N/N=C/c1cccnc1. The zero-order valence-electron chi connectivity index (χ0n) is 9.35. The molecule has 1 aromatic carbocycles. The Morgan fingerprint density at radius 2 is 2.11 bits per heavy atom. The number of hydrogen-bond acceptors (Lipinski definition) is 5. The van der Waals surface area contributed by atoms with Gasteiger partial charge in [0, 0.05) is 24.0 Å². The van der Waals surface area contributed by atoms with Gasteiger partial charge in [0.15, 0.2) is 0 Å². The standard InChI is InChI=1S/C12H10N4O2/c17-16(18)12-6-2-1-5-11(12)15-14-9-10-4-3-7-13-8-10/h1-9,15H/b14-9+. The van der Waals surface area contributed by atoms with Crippen molar-refractivity contribution >= 4 is 17.6 Å². The van der Waals surface area contributed by atoms with Crippen molar-refractivity contribution in [1.29, 1.82) is 0 Å². The molecule has 6 nitrogen and oxygen atoms in total. The van der Waals surface area contributed by atoms with E-state index >= 15 is 0 Å². The van der Waals surface area contributed by atoms with Gasteiger partial charge in [-0.3, -0.25) is 20.5 Å². The summed E-state index contributed by atoms with van der Waals surface area (Å²) < 4.78 is 0. The van der Waals surface area contributed by atoms with Gasteiger partial charge in [0.1, 0.15) is 5.69 Å². The third kappa shape index (κ3) is 2.88. The van der Waals surface area contributed by atoms with Crippen LogP contribution in [0.5, 0.6) is 0 Å². The fourth-order valence-corrected chi connectivity index (χ4v) is 1.36. The second-order valence-corrected chi connectivity index (χ2v) is 3.43. The van der Waals surface area contributed by atoms with Gasteiger partial charge in [-0.25, -0.2) is 0 Å². The Kier molecular flexibility index (Phi) is 3.60. The van der Waals surface area contributed by atoms with Crippen molar-refractivity contribution in [3.8, 4) is 0 Å². The molecule has 1 N–H and O–H groups in total. The maximum Gasteiger partial charge on any atom is 0.294 e. The lowest BCUT2D eigenvalue weighted by atomic mass is 10.3. The molecule has 0 aliphatic carbocycles. The van der Waals surface area contributed by atoms with E-state index in [1.54, 1.807) is 42.9 Å². The summed E-state index contributed by atoms with van der Waals surface area (Å²) in [7, 11) is 0. The molecule has 0 saturated carbocycles. The van der Waals surface area contributed by atoms with Crippen LogP contribution in [0.1, 0.15) is 5.56 Å². The van der Waals surface area contributed by atoms with Crippen LogP contribution in [0.3, 0.4) is 0 Å². The van der Waals surface area contributed by atoms with Gasteiger partial charge in [-0.2, -0.15) is 5.10 Å². The summed E-state index contributed by atoms with van der Waals surface area (Å²) in [5.41, 5.74) is 3.79. The monoisotopic (exact) mass is 242 g/mol. The minimum absolute atomic E-state index is 0.0131. The number of nitrogens with zero attached hydrogens (tertiary/aromatic N) is 3. The molecular weight excluding hydrogens is 232 g/mol. The minimum Gasteiger partial charge on any atom is -0.272 e. The number of pyridine rings is 1. The molecule has 0 aliphatic heterocycles. The highest BCUT2D eigenvalue weighted by atomic mass is 16.6. The molecule has 1 aromatic heterocycles. The van der Waals surface area contributed by atoms with Crippen LogP contribution in [-0.2, 0) is 0 Å². The van der Waals surface area contributed by atoms with E-state index in [1.807, 2.05) is 6.07 Å². The Morgan fingerprint density at radius 3 is 2.83 bits per heavy atom. The first kappa shape index (κ1) is 11.7. The Labute approximate surface area is 103 Å². The van der Waals surface area contributed by atoms with Crippen molar-refractivity contribution in [1.82, 2.24) is 4.98 Å². The average molecular weight is 242 g/mol. The molecule has 1 heterocycles. The molecule has 6 heteroatoms. The number of rotatable bonds is 4. The molecule has 0 radical (unpaired) electrons. The van der Waals surface area contributed by atoms with E-state index in [9.17, 15) is 10.1 Å². The average Bonchev–Trinajstić information content (AvgIpc) is 2.40. The maximum absolute atomic E-state index is 10.8. The molecule has 0 amide bonds. The van der Waals surface area contributed by atoms with Crippen LogP contribution in [-0.4, -0.2) is 16.1 Å². The van der Waals surface area contributed by atoms with E-state index in [0.29, 0.717) is 5.69 Å². The number of nitro groups is 1. The van der Waals surface area contributed by atoms with Gasteiger partial charge < -0.3 is 0 Å². The molecule has 0 spiro atoms. The molecule has 0 saturated heterocycles. The van der Waals surface area contributed by atoms with E-state index in [0.717, 1.165) is 5.56 Å². The molecule has 2 aromatic rings. The molecule has 90 valence electrons. The van der Waals surface area contributed by atoms with Gasteiger partial charge in [0.25, 0.3) is 5.69 Å². The highest BCUT2D eigenvalue weighted by Crippen LogP contribution is 2.22. The van der Waals surface area contributed by atoms with Gasteiger partial charge in [-0.15, -0.1) is 0 Å². The summed E-state index contributed by atoms with van der Waals surface area (Å²) in [5.74, 6) is 0. The second kappa shape index (κ2) is 5.53. The van der Waals surface area contributed by atoms with Gasteiger partial charge in [0.05, 0.1) is 11.1 Å². The van der Waals surface area contributed by atoms with Crippen LogP contribution in [0.15, 0.2) is 53.9 Å². The Balaban J connectivity index is 2.11. The van der Waals surface area contributed by atoms with Crippen LogP contribution in [0.25, 0.3) is 0 Å². The fourth-order valence-electron chi connectivity index (χ4n) is 1.36. The highest BCUT2D eigenvalue weighted by Gasteiger charge is 2.10. The third-order valence-corrected chi connectivity index (χ3v) is 2.18. The minimum atomic E-state index is -0.456. The van der Waals surface area contributed by atoms with E-state index < -0.39 is 4.92 Å². The van der Waals surface area contributed by atoms with Crippen molar-refractivity contribution in [3.63, 3.8) is 0 Å². The molecule has 0 fully saturated rings. The van der Waals surface area contributed by atoms with E-state index in [1.165, 1.54) is 6.07 Å². The van der Waals surface area contributed by atoms with E-state index in [4.69, 9.17) is 0 Å². The number of nitro benzene ring substituents is 1. The van der Waals surface area contributed by atoms with Crippen molar-refractivity contribution in [2.45, 2.75) is 0 Å². The number of para-hydroxylation sites is 2. The Hall–Kier alpha value is -2.76. The number of nitrogens with one attached hydrogen (secondary N) is 1. The first-order chi connectivity index (χ1) is 8.77. The van der Waals surface area contributed by atoms with Gasteiger partial charge in [0.2, 0.25) is 0 Å². The lowest BCUT2D eigenvalue weighted by Gasteiger charge is -2.00. The zero-order valence-corrected chi connectivity index (χ0v) is 9.35. The van der Waals surface area contributed by atoms with Crippen LogP contribution >= 0.6 is 0 Å². The summed E-state index contributed by atoms with van der Waals surface area (Å²) in [5, 5.41) is 14.7. The predicted molar refractivity (Wildman–Crippen MR) is 68.6 cm³/mol. The quantitative estimate of drug-likeness (QED) is 0.507.